The summed E-state index contributed by atoms with van der Waals surface area (Å²) in [7, 11) is 0. The summed E-state index contributed by atoms with van der Waals surface area (Å²) in [5, 5.41) is 6.14. The molecule has 4 aliphatic heterocycles. The number of nitrogens with one attached hydrogen (secondary N) is 2. The first-order chi connectivity index (χ1) is 20.2. The van der Waals surface area contributed by atoms with Gasteiger partial charge in [-0.3, -0.25) is 5.32 Å². The van der Waals surface area contributed by atoms with E-state index in [0.717, 1.165) is 33.5 Å². The first kappa shape index (κ1) is 26.4. The molecule has 5 heterocycles. The summed E-state index contributed by atoms with van der Waals surface area (Å²) >= 11 is 0. The molecular formula is C38H36N4. The normalized spacial score (nSPS) is 22.2. The molecule has 4 aliphatic rings. The van der Waals surface area contributed by atoms with E-state index in [2.05, 4.69) is 143 Å². The Bertz CT molecular complexity index is 1970. The minimum absolute atomic E-state index is 0.0600. The van der Waals surface area contributed by atoms with Crippen LogP contribution in [0.5, 0.6) is 0 Å². The summed E-state index contributed by atoms with van der Waals surface area (Å²) in [5.74, 6) is 0. The maximum Gasteiger partial charge on any atom is 0.0844 e. The molecule has 0 aliphatic carbocycles. The van der Waals surface area contributed by atoms with E-state index in [-0.39, 0.29) is 6.04 Å². The van der Waals surface area contributed by atoms with Crippen molar-refractivity contribution in [2.24, 2.45) is 9.98 Å². The molecule has 2 unspecified atom stereocenters. The van der Waals surface area contributed by atoms with Crippen molar-refractivity contribution in [3.63, 3.8) is 0 Å². The summed E-state index contributed by atoms with van der Waals surface area (Å²) < 4.78 is 0. The van der Waals surface area contributed by atoms with E-state index < -0.39 is 5.54 Å². The maximum atomic E-state index is 5.19. The number of rotatable bonds is 2. The molecule has 7 rings (SSSR count). The van der Waals surface area contributed by atoms with Crippen LogP contribution in [0.3, 0.4) is 0 Å². The Morgan fingerprint density at radius 2 is 1.29 bits per heavy atom. The van der Waals surface area contributed by atoms with Crippen LogP contribution in [-0.2, 0) is 5.54 Å². The highest BCUT2D eigenvalue weighted by Crippen LogP contribution is 2.42. The number of benzene rings is 2. The van der Waals surface area contributed by atoms with Crippen LogP contribution in [0.15, 0.2) is 100 Å². The number of aryl methyl sites for hydroxylation is 6. The quantitative estimate of drug-likeness (QED) is 0.369. The van der Waals surface area contributed by atoms with Crippen LogP contribution in [0.25, 0.3) is 17.7 Å². The molecule has 0 spiro atoms. The van der Waals surface area contributed by atoms with Crippen molar-refractivity contribution < 1.29 is 0 Å². The number of aliphatic imine (C=N–C) groups is 2. The van der Waals surface area contributed by atoms with Gasteiger partial charge in [-0.1, -0.05) is 47.5 Å². The SMILES string of the molecule is Cc1cc(C)c(C2=C3C=CC(=N3)C=c3ccc([nH]3)=CC3=NC(=CC4(c5c(C)cc(C)cc5C)C=CC2N4)C=C3)c(C)c1. The fourth-order valence-electron chi connectivity index (χ4n) is 7.28. The highest BCUT2D eigenvalue weighted by atomic mass is 15.0. The van der Waals surface area contributed by atoms with Crippen molar-refractivity contribution in [1.82, 2.24) is 10.3 Å². The molecule has 2 N–H and O–H groups in total. The lowest BCUT2D eigenvalue weighted by atomic mass is 9.82. The number of aromatic amines is 1. The van der Waals surface area contributed by atoms with Gasteiger partial charge in [-0.2, -0.15) is 0 Å². The third-order valence-electron chi connectivity index (χ3n) is 8.63. The zero-order valence-electron chi connectivity index (χ0n) is 25.1. The molecule has 42 heavy (non-hydrogen) atoms. The van der Waals surface area contributed by atoms with Crippen molar-refractivity contribution in [2.75, 3.05) is 0 Å². The van der Waals surface area contributed by atoms with Gasteiger partial charge in [-0.25, -0.2) is 9.98 Å². The number of allylic oxidation sites excluding steroid dienone is 4. The molecule has 0 fully saturated rings. The predicted molar refractivity (Wildman–Crippen MR) is 176 cm³/mol. The Morgan fingerprint density at radius 3 is 1.95 bits per heavy atom. The predicted octanol–water partition coefficient (Wildman–Crippen LogP) is 6.18. The molecule has 4 nitrogen and oxygen atoms in total. The lowest BCUT2D eigenvalue weighted by Crippen LogP contribution is -2.42. The van der Waals surface area contributed by atoms with Crippen molar-refractivity contribution in [2.45, 2.75) is 53.1 Å². The topological polar surface area (TPSA) is 52.5 Å². The van der Waals surface area contributed by atoms with E-state index in [1.807, 2.05) is 0 Å². The Hall–Kier alpha value is -4.54. The number of H-pyrrole nitrogens is 1. The fraction of sp³-hybridized carbons (Fsp3) is 0.211. The van der Waals surface area contributed by atoms with Crippen LogP contribution in [-0.4, -0.2) is 22.4 Å². The Labute approximate surface area is 247 Å². The standard InChI is InChI=1S/C38H36N4/c1-22-15-24(3)35(25(4)16-22)36-33-12-11-31(41-33)20-29-8-7-28(39-29)19-30-9-10-32(40-30)21-38(14-13-34(36)42-38)37-26(5)17-23(2)18-27(37)6/h7-21,34,39,42H,1-6H3. The van der Waals surface area contributed by atoms with Crippen LogP contribution in [0.1, 0.15) is 44.5 Å². The molecular weight excluding hydrogens is 512 g/mol. The molecule has 3 aromatic rings. The molecule has 0 amide bonds. The first-order valence-corrected chi connectivity index (χ1v) is 14.7. The van der Waals surface area contributed by atoms with Gasteiger partial charge in [0.05, 0.1) is 34.4 Å². The van der Waals surface area contributed by atoms with Gasteiger partial charge in [0, 0.05) is 16.3 Å². The van der Waals surface area contributed by atoms with Crippen molar-refractivity contribution in [3.05, 3.63) is 146 Å². The van der Waals surface area contributed by atoms with Crippen molar-refractivity contribution in [1.29, 1.82) is 0 Å². The van der Waals surface area contributed by atoms with Crippen LogP contribution < -0.4 is 16.0 Å². The van der Waals surface area contributed by atoms with Gasteiger partial charge in [0.2, 0.25) is 0 Å². The average molecular weight is 549 g/mol. The second-order valence-corrected chi connectivity index (χ2v) is 12.2. The summed E-state index contributed by atoms with van der Waals surface area (Å²) in [5.41, 5.74) is 14.6. The number of hydrogen-bond donors (Lipinski definition) is 2. The largest absolute Gasteiger partial charge is 0.355 e. The Balaban J connectivity index is 1.52. The summed E-state index contributed by atoms with van der Waals surface area (Å²) in [6.07, 6.45) is 19.7. The number of hydrogen-bond acceptors (Lipinski definition) is 3. The van der Waals surface area contributed by atoms with E-state index in [0.29, 0.717) is 0 Å². The molecule has 2 atom stereocenters. The van der Waals surface area contributed by atoms with Gasteiger partial charge in [0.25, 0.3) is 0 Å². The van der Waals surface area contributed by atoms with E-state index >= 15 is 0 Å². The molecule has 208 valence electrons. The van der Waals surface area contributed by atoms with E-state index in [1.54, 1.807) is 0 Å². The summed E-state index contributed by atoms with van der Waals surface area (Å²) in [6.45, 7) is 13.2. The molecule has 0 saturated heterocycles. The Morgan fingerprint density at radius 1 is 0.690 bits per heavy atom. The third kappa shape index (κ3) is 4.53. The maximum absolute atomic E-state index is 5.19. The molecule has 8 bridgehead atoms. The van der Waals surface area contributed by atoms with E-state index in [1.165, 1.54) is 50.1 Å². The van der Waals surface area contributed by atoms with Crippen LogP contribution in [0.4, 0.5) is 0 Å². The van der Waals surface area contributed by atoms with Crippen LogP contribution >= 0.6 is 0 Å². The summed E-state index contributed by atoms with van der Waals surface area (Å²) in [4.78, 5) is 13.7. The first-order valence-electron chi connectivity index (χ1n) is 14.7. The molecule has 1 aromatic heterocycles. The van der Waals surface area contributed by atoms with Gasteiger partial charge in [-0.05, 0) is 130 Å². The van der Waals surface area contributed by atoms with Crippen molar-refractivity contribution >= 4 is 29.1 Å². The summed E-state index contributed by atoms with van der Waals surface area (Å²) in [6, 6.07) is 13.3. The lowest BCUT2D eigenvalue weighted by molar-refractivity contribution is 0.529. The lowest BCUT2D eigenvalue weighted by Gasteiger charge is -2.33. The van der Waals surface area contributed by atoms with Gasteiger partial charge < -0.3 is 4.98 Å². The highest BCUT2D eigenvalue weighted by molar-refractivity contribution is 6.20. The van der Waals surface area contributed by atoms with Crippen LogP contribution in [0.2, 0.25) is 0 Å². The third-order valence-corrected chi connectivity index (χ3v) is 8.63. The number of aromatic nitrogens is 1. The average Bonchev–Trinajstić information content (AvgIpc) is 3.71. The van der Waals surface area contributed by atoms with Gasteiger partial charge in [0.1, 0.15) is 0 Å². The van der Waals surface area contributed by atoms with Gasteiger partial charge >= 0.3 is 0 Å². The second-order valence-electron chi connectivity index (χ2n) is 12.2. The molecule has 2 aromatic carbocycles. The van der Waals surface area contributed by atoms with Gasteiger partial charge in [0.15, 0.2) is 0 Å². The minimum atomic E-state index is -0.541. The zero-order valence-corrected chi connectivity index (χ0v) is 25.1. The zero-order chi connectivity index (χ0) is 29.2. The number of fused-ring (bicyclic) bond motifs is 6. The Kier molecular flexibility index (Phi) is 6.14. The molecule has 4 heteroatoms. The molecule has 0 radical (unpaired) electrons. The monoisotopic (exact) mass is 548 g/mol. The molecule has 0 saturated carbocycles. The van der Waals surface area contributed by atoms with Crippen molar-refractivity contribution in [3.8, 4) is 0 Å². The van der Waals surface area contributed by atoms with Gasteiger partial charge in [-0.15, -0.1) is 0 Å². The van der Waals surface area contributed by atoms with Crippen LogP contribution in [0, 0.1) is 41.5 Å². The smallest absolute Gasteiger partial charge is 0.0844 e. The van der Waals surface area contributed by atoms with E-state index in [4.69, 9.17) is 9.98 Å². The fourth-order valence-corrected chi connectivity index (χ4v) is 7.28. The highest BCUT2D eigenvalue weighted by Gasteiger charge is 2.39. The van der Waals surface area contributed by atoms with E-state index in [9.17, 15) is 0 Å². The minimum Gasteiger partial charge on any atom is -0.355 e. The number of nitrogens with zero attached hydrogens (tertiary/aromatic N) is 2. The second kappa shape index (κ2) is 9.78.